The van der Waals surface area contributed by atoms with Gasteiger partial charge in [-0.1, -0.05) is 6.92 Å². The van der Waals surface area contributed by atoms with Gasteiger partial charge in [-0.25, -0.2) is 0 Å². The number of ether oxygens (including phenoxy) is 2. The van der Waals surface area contributed by atoms with Crippen molar-refractivity contribution in [3.05, 3.63) is 0 Å². The molecule has 2 aliphatic heterocycles. The first-order valence-electron chi connectivity index (χ1n) is 8.40. The van der Waals surface area contributed by atoms with Crippen LogP contribution >= 0.6 is 0 Å². The van der Waals surface area contributed by atoms with E-state index in [9.17, 15) is 4.79 Å². The van der Waals surface area contributed by atoms with E-state index in [-0.39, 0.29) is 11.5 Å². The Hall–Kier alpha value is -0.650. The molecule has 0 unspecified atom stereocenters. The zero-order chi connectivity index (χ0) is 14.7. The van der Waals surface area contributed by atoms with Crippen LogP contribution in [0.15, 0.2) is 0 Å². The first-order valence-corrected chi connectivity index (χ1v) is 8.40. The predicted molar refractivity (Wildman–Crippen MR) is 80.1 cm³/mol. The van der Waals surface area contributed by atoms with Crippen LogP contribution in [0.2, 0.25) is 0 Å². The highest BCUT2D eigenvalue weighted by Crippen LogP contribution is 2.31. The van der Waals surface area contributed by atoms with E-state index in [0.29, 0.717) is 25.7 Å². The minimum Gasteiger partial charge on any atom is -0.377 e. The Labute approximate surface area is 127 Å². The van der Waals surface area contributed by atoms with E-state index in [1.165, 1.54) is 12.8 Å². The zero-order valence-corrected chi connectivity index (χ0v) is 13.1. The van der Waals surface area contributed by atoms with E-state index >= 15 is 0 Å². The van der Waals surface area contributed by atoms with Crippen LogP contribution in [0.3, 0.4) is 0 Å². The topological polar surface area (TPSA) is 50.8 Å². The van der Waals surface area contributed by atoms with Gasteiger partial charge in [0.1, 0.15) is 5.60 Å². The lowest BCUT2D eigenvalue weighted by atomic mass is 9.82. The van der Waals surface area contributed by atoms with Gasteiger partial charge in [-0.05, 0) is 31.6 Å². The van der Waals surface area contributed by atoms with E-state index in [4.69, 9.17) is 9.47 Å². The summed E-state index contributed by atoms with van der Waals surface area (Å²) in [6.07, 6.45) is 4.49. The molecule has 1 atom stereocenters. The average Bonchev–Trinajstić information content (AvgIpc) is 2.73. The van der Waals surface area contributed by atoms with Crippen LogP contribution in [-0.2, 0) is 14.3 Å². The highest BCUT2D eigenvalue weighted by Gasteiger charge is 2.41. The molecular formula is C16H28N2O3. The maximum Gasteiger partial charge on any atom is 0.225 e. The van der Waals surface area contributed by atoms with Crippen LogP contribution in [0.25, 0.3) is 0 Å². The van der Waals surface area contributed by atoms with Crippen molar-refractivity contribution < 1.29 is 14.3 Å². The third kappa shape index (κ3) is 3.58. The van der Waals surface area contributed by atoms with Gasteiger partial charge in [0.25, 0.3) is 0 Å². The van der Waals surface area contributed by atoms with Crippen LogP contribution in [0.4, 0.5) is 0 Å². The molecule has 1 spiro atoms. The van der Waals surface area contributed by atoms with Crippen LogP contribution < -0.4 is 5.32 Å². The van der Waals surface area contributed by atoms with Gasteiger partial charge in [-0.2, -0.15) is 0 Å². The SMILES string of the molecule is CC1CCC(C(=O)N2CCO[C@]3(CNCCOC3)C2)CC1. The van der Waals surface area contributed by atoms with E-state index in [2.05, 4.69) is 12.2 Å². The zero-order valence-electron chi connectivity index (χ0n) is 13.1. The molecule has 1 amide bonds. The van der Waals surface area contributed by atoms with Crippen LogP contribution in [0.5, 0.6) is 0 Å². The minimum atomic E-state index is -0.341. The van der Waals surface area contributed by atoms with E-state index < -0.39 is 0 Å². The smallest absolute Gasteiger partial charge is 0.225 e. The summed E-state index contributed by atoms with van der Waals surface area (Å²) in [5.74, 6) is 1.36. The maximum absolute atomic E-state index is 12.8. The molecule has 0 bridgehead atoms. The third-order valence-electron chi connectivity index (χ3n) is 5.16. The number of amides is 1. The summed E-state index contributed by atoms with van der Waals surface area (Å²) < 4.78 is 11.6. The van der Waals surface area contributed by atoms with Crippen LogP contribution in [0, 0.1) is 11.8 Å². The van der Waals surface area contributed by atoms with Crippen LogP contribution in [0.1, 0.15) is 32.6 Å². The molecule has 0 aromatic rings. The van der Waals surface area contributed by atoms with Crippen molar-refractivity contribution in [3.8, 4) is 0 Å². The van der Waals surface area contributed by atoms with Crippen molar-refractivity contribution in [2.45, 2.75) is 38.2 Å². The number of morpholine rings is 1. The van der Waals surface area contributed by atoms with E-state index in [1.807, 2.05) is 4.90 Å². The lowest BCUT2D eigenvalue weighted by Crippen LogP contribution is -2.60. The summed E-state index contributed by atoms with van der Waals surface area (Å²) in [6, 6.07) is 0. The molecule has 5 nitrogen and oxygen atoms in total. The maximum atomic E-state index is 12.8. The lowest BCUT2D eigenvalue weighted by molar-refractivity contribution is -0.162. The van der Waals surface area contributed by atoms with Gasteiger partial charge in [0.2, 0.25) is 5.91 Å². The van der Waals surface area contributed by atoms with Gasteiger partial charge in [-0.3, -0.25) is 4.79 Å². The molecule has 3 fully saturated rings. The van der Waals surface area contributed by atoms with Gasteiger partial charge in [0, 0.05) is 25.6 Å². The Balaban J connectivity index is 1.61. The number of carbonyl (C=O) groups is 1. The largest absolute Gasteiger partial charge is 0.377 e. The lowest BCUT2D eigenvalue weighted by Gasteiger charge is -2.43. The number of hydrogen-bond acceptors (Lipinski definition) is 4. The molecule has 2 saturated heterocycles. The summed E-state index contributed by atoms with van der Waals surface area (Å²) in [5, 5.41) is 3.36. The highest BCUT2D eigenvalue weighted by molar-refractivity contribution is 5.79. The minimum absolute atomic E-state index is 0.232. The summed E-state index contributed by atoms with van der Waals surface area (Å²) in [7, 11) is 0. The Morgan fingerprint density at radius 2 is 2.05 bits per heavy atom. The molecular weight excluding hydrogens is 268 g/mol. The number of rotatable bonds is 1. The second-order valence-corrected chi connectivity index (χ2v) is 6.98. The molecule has 120 valence electrons. The van der Waals surface area contributed by atoms with Crippen molar-refractivity contribution >= 4 is 5.91 Å². The summed E-state index contributed by atoms with van der Waals surface area (Å²) in [5.41, 5.74) is -0.341. The fourth-order valence-electron chi connectivity index (χ4n) is 3.76. The standard InChI is InChI=1S/C16H28N2O3/c1-13-2-4-14(5-3-13)15(19)18-7-9-21-16(11-18)10-17-6-8-20-12-16/h13-14,17H,2-12H2,1H3/t13?,14?,16-/m1/s1. The van der Waals surface area contributed by atoms with E-state index in [1.54, 1.807) is 0 Å². The van der Waals surface area contributed by atoms with Crippen LogP contribution in [-0.4, -0.2) is 62.4 Å². The summed E-state index contributed by atoms with van der Waals surface area (Å²) in [4.78, 5) is 14.8. The first kappa shape index (κ1) is 15.3. The summed E-state index contributed by atoms with van der Waals surface area (Å²) in [6.45, 7) is 7.26. The first-order chi connectivity index (χ1) is 10.2. The molecule has 1 saturated carbocycles. The number of nitrogens with one attached hydrogen (secondary N) is 1. The number of hydrogen-bond donors (Lipinski definition) is 1. The van der Waals surface area contributed by atoms with Crippen molar-refractivity contribution in [1.82, 2.24) is 10.2 Å². The number of nitrogens with zero attached hydrogens (tertiary/aromatic N) is 1. The van der Waals surface area contributed by atoms with Gasteiger partial charge in [0.15, 0.2) is 0 Å². The quantitative estimate of drug-likeness (QED) is 0.785. The van der Waals surface area contributed by atoms with Crippen molar-refractivity contribution in [3.63, 3.8) is 0 Å². The highest BCUT2D eigenvalue weighted by atomic mass is 16.5. The Bertz CT molecular complexity index is 359. The molecule has 21 heavy (non-hydrogen) atoms. The molecule has 3 aliphatic rings. The molecule has 3 rings (SSSR count). The molecule has 0 aromatic heterocycles. The molecule has 0 aromatic carbocycles. The van der Waals surface area contributed by atoms with Gasteiger partial charge < -0.3 is 19.7 Å². The average molecular weight is 296 g/mol. The molecule has 1 aliphatic carbocycles. The van der Waals surface area contributed by atoms with Gasteiger partial charge >= 0.3 is 0 Å². The second kappa shape index (κ2) is 6.63. The Morgan fingerprint density at radius 1 is 1.24 bits per heavy atom. The van der Waals surface area contributed by atoms with Crippen molar-refractivity contribution in [2.75, 3.05) is 46.0 Å². The second-order valence-electron chi connectivity index (χ2n) is 6.98. The predicted octanol–water partition coefficient (Wildman–Crippen LogP) is 1.03. The van der Waals surface area contributed by atoms with Gasteiger partial charge in [-0.15, -0.1) is 0 Å². The monoisotopic (exact) mass is 296 g/mol. The van der Waals surface area contributed by atoms with Gasteiger partial charge in [0.05, 0.1) is 26.4 Å². The molecule has 0 radical (unpaired) electrons. The Morgan fingerprint density at radius 3 is 2.86 bits per heavy atom. The fraction of sp³-hybridized carbons (Fsp3) is 0.938. The normalized spacial score (nSPS) is 38.2. The van der Waals surface area contributed by atoms with Crippen molar-refractivity contribution in [1.29, 1.82) is 0 Å². The Kier molecular flexibility index (Phi) is 4.82. The van der Waals surface area contributed by atoms with E-state index in [0.717, 1.165) is 45.0 Å². The molecule has 5 heteroatoms. The van der Waals surface area contributed by atoms with Crippen molar-refractivity contribution in [2.24, 2.45) is 11.8 Å². The molecule has 2 heterocycles. The number of carbonyl (C=O) groups excluding carboxylic acids is 1. The molecule has 1 N–H and O–H groups in total. The fourth-order valence-corrected chi connectivity index (χ4v) is 3.76. The third-order valence-corrected chi connectivity index (χ3v) is 5.16. The summed E-state index contributed by atoms with van der Waals surface area (Å²) >= 11 is 0.